The third-order valence-corrected chi connectivity index (χ3v) is 3.79. The van der Waals surface area contributed by atoms with Crippen LogP contribution in [-0.4, -0.2) is 19.0 Å². The highest BCUT2D eigenvalue weighted by atomic mass is 15.3. The smallest absolute Gasteiger partial charge is 0.149 e. The zero-order valence-corrected chi connectivity index (χ0v) is 10.6. The van der Waals surface area contributed by atoms with Crippen LogP contribution in [0.25, 0.3) is 33.2 Å². The van der Waals surface area contributed by atoms with E-state index in [9.17, 15) is 0 Å². The molecule has 0 aliphatic heterocycles. The number of fused-ring (bicyclic) bond motifs is 8. The number of para-hydroxylation sites is 3. The lowest BCUT2D eigenvalue weighted by atomic mass is 10.2. The molecule has 0 fully saturated rings. The van der Waals surface area contributed by atoms with E-state index in [-0.39, 0.29) is 0 Å². The molecule has 0 atom stereocenters. The normalized spacial score (nSPS) is 12.0. The van der Waals surface area contributed by atoms with Crippen LogP contribution in [0.15, 0.2) is 60.8 Å². The first kappa shape index (κ1) is 9.97. The van der Waals surface area contributed by atoms with E-state index in [0.29, 0.717) is 0 Å². The molecule has 0 N–H and O–H groups in total. The monoisotopic (exact) mass is 258 g/mol. The number of nitrogens with zero attached hydrogens (tertiary/aromatic N) is 4. The van der Waals surface area contributed by atoms with Crippen molar-refractivity contribution in [2.45, 2.75) is 0 Å². The summed E-state index contributed by atoms with van der Waals surface area (Å²) < 4.78 is 4.14. The summed E-state index contributed by atoms with van der Waals surface area (Å²) in [5, 5.41) is 5.56. The minimum Gasteiger partial charge on any atom is -0.276 e. The largest absolute Gasteiger partial charge is 0.276 e. The van der Waals surface area contributed by atoms with Crippen molar-refractivity contribution >= 4 is 33.2 Å². The first-order valence-electron chi connectivity index (χ1n) is 6.55. The van der Waals surface area contributed by atoms with Crippen molar-refractivity contribution in [2.75, 3.05) is 0 Å². The molecule has 0 aliphatic rings. The van der Waals surface area contributed by atoms with E-state index in [2.05, 4.69) is 27.7 Å². The molecule has 3 heterocycles. The SMILES string of the molecule is c1ccc2c(c1)nc1c3ccccc3n3nccc3n21. The first-order valence-corrected chi connectivity index (χ1v) is 6.55. The highest BCUT2D eigenvalue weighted by Crippen LogP contribution is 2.26. The molecule has 2 aromatic carbocycles. The van der Waals surface area contributed by atoms with Gasteiger partial charge in [0.05, 0.1) is 22.7 Å². The van der Waals surface area contributed by atoms with Crippen LogP contribution in [0.1, 0.15) is 0 Å². The van der Waals surface area contributed by atoms with Crippen LogP contribution < -0.4 is 0 Å². The molecule has 4 heteroatoms. The Morgan fingerprint density at radius 3 is 2.55 bits per heavy atom. The summed E-state index contributed by atoms with van der Waals surface area (Å²) in [7, 11) is 0. The van der Waals surface area contributed by atoms with Crippen LogP contribution in [0.4, 0.5) is 0 Å². The van der Waals surface area contributed by atoms with E-state index in [1.807, 2.05) is 47.1 Å². The fourth-order valence-electron chi connectivity index (χ4n) is 2.94. The minimum atomic E-state index is 0.981. The molecule has 94 valence electrons. The van der Waals surface area contributed by atoms with E-state index >= 15 is 0 Å². The summed E-state index contributed by atoms with van der Waals surface area (Å²) in [6.07, 6.45) is 1.83. The van der Waals surface area contributed by atoms with Gasteiger partial charge in [-0.25, -0.2) is 9.50 Å². The number of aromatic nitrogens is 4. The Balaban J connectivity index is 2.26. The van der Waals surface area contributed by atoms with Crippen LogP contribution >= 0.6 is 0 Å². The van der Waals surface area contributed by atoms with Crippen LogP contribution in [-0.2, 0) is 0 Å². The van der Waals surface area contributed by atoms with Gasteiger partial charge in [-0.3, -0.25) is 4.40 Å². The molecule has 0 saturated carbocycles. The van der Waals surface area contributed by atoms with Gasteiger partial charge in [0, 0.05) is 11.5 Å². The van der Waals surface area contributed by atoms with Crippen LogP contribution in [0.5, 0.6) is 0 Å². The average Bonchev–Trinajstić information content (AvgIpc) is 3.11. The highest BCUT2D eigenvalue weighted by Gasteiger charge is 2.12. The lowest BCUT2D eigenvalue weighted by Gasteiger charge is -2.05. The summed E-state index contributed by atoms with van der Waals surface area (Å²) in [5.74, 6) is 0. The number of rotatable bonds is 0. The maximum Gasteiger partial charge on any atom is 0.149 e. The summed E-state index contributed by atoms with van der Waals surface area (Å²) in [4.78, 5) is 4.79. The van der Waals surface area contributed by atoms with Crippen molar-refractivity contribution in [1.82, 2.24) is 19.0 Å². The van der Waals surface area contributed by atoms with Crippen LogP contribution in [0.3, 0.4) is 0 Å². The molecule has 20 heavy (non-hydrogen) atoms. The topological polar surface area (TPSA) is 34.6 Å². The minimum absolute atomic E-state index is 0.981. The second-order valence-corrected chi connectivity index (χ2v) is 4.88. The summed E-state index contributed by atoms with van der Waals surface area (Å²) in [6, 6.07) is 18.5. The number of imidazole rings is 1. The fourth-order valence-corrected chi connectivity index (χ4v) is 2.94. The van der Waals surface area contributed by atoms with Gasteiger partial charge in [-0.15, -0.1) is 0 Å². The van der Waals surface area contributed by atoms with Gasteiger partial charge < -0.3 is 0 Å². The Kier molecular flexibility index (Phi) is 1.68. The van der Waals surface area contributed by atoms with Crippen molar-refractivity contribution in [2.24, 2.45) is 0 Å². The lowest BCUT2D eigenvalue weighted by Crippen LogP contribution is -1.97. The molecule has 0 spiro atoms. The molecule has 5 rings (SSSR count). The zero-order chi connectivity index (χ0) is 13.1. The predicted octanol–water partition coefficient (Wildman–Crippen LogP) is 3.29. The van der Waals surface area contributed by atoms with Crippen molar-refractivity contribution in [1.29, 1.82) is 0 Å². The van der Waals surface area contributed by atoms with Crippen molar-refractivity contribution < 1.29 is 0 Å². The average molecular weight is 258 g/mol. The van der Waals surface area contributed by atoms with Crippen LogP contribution in [0, 0.1) is 0 Å². The summed E-state index contributed by atoms with van der Waals surface area (Å²) in [6.45, 7) is 0. The molecule has 0 aliphatic carbocycles. The van der Waals surface area contributed by atoms with Crippen molar-refractivity contribution in [3.63, 3.8) is 0 Å². The molecule has 0 saturated heterocycles. The van der Waals surface area contributed by atoms with Gasteiger partial charge in [0.1, 0.15) is 11.3 Å². The molecule has 4 nitrogen and oxygen atoms in total. The second kappa shape index (κ2) is 3.36. The molecule has 0 amide bonds. The zero-order valence-electron chi connectivity index (χ0n) is 10.6. The number of hydrogen-bond donors (Lipinski definition) is 0. The van der Waals surface area contributed by atoms with Crippen molar-refractivity contribution in [3.8, 4) is 0 Å². The van der Waals surface area contributed by atoms with Gasteiger partial charge in [0.15, 0.2) is 0 Å². The third-order valence-electron chi connectivity index (χ3n) is 3.79. The number of benzene rings is 2. The molecule has 0 radical (unpaired) electrons. The Morgan fingerprint density at radius 1 is 0.800 bits per heavy atom. The van der Waals surface area contributed by atoms with Gasteiger partial charge in [0.2, 0.25) is 0 Å². The van der Waals surface area contributed by atoms with Gasteiger partial charge in [0.25, 0.3) is 0 Å². The van der Waals surface area contributed by atoms with E-state index in [0.717, 1.165) is 33.2 Å². The fraction of sp³-hybridized carbons (Fsp3) is 0. The van der Waals surface area contributed by atoms with E-state index in [4.69, 9.17) is 4.98 Å². The standard InChI is InChI=1S/C16H10N4/c1-3-7-13-11(5-1)16-18-12-6-2-4-8-14(12)19(16)15-9-10-17-20(13)15/h1-10H. The lowest BCUT2D eigenvalue weighted by molar-refractivity contribution is 0.976. The maximum absolute atomic E-state index is 4.79. The van der Waals surface area contributed by atoms with Crippen LogP contribution in [0.2, 0.25) is 0 Å². The molecular formula is C16H10N4. The van der Waals surface area contributed by atoms with Gasteiger partial charge >= 0.3 is 0 Å². The third kappa shape index (κ3) is 1.07. The summed E-state index contributed by atoms with van der Waals surface area (Å²) >= 11 is 0. The highest BCUT2D eigenvalue weighted by molar-refractivity contribution is 5.98. The van der Waals surface area contributed by atoms with E-state index in [1.54, 1.807) is 0 Å². The Bertz CT molecular complexity index is 1100. The molecule has 3 aromatic heterocycles. The van der Waals surface area contributed by atoms with E-state index < -0.39 is 0 Å². The van der Waals surface area contributed by atoms with E-state index in [1.165, 1.54) is 0 Å². The second-order valence-electron chi connectivity index (χ2n) is 4.88. The molecule has 0 bridgehead atoms. The Hall–Kier alpha value is -2.88. The van der Waals surface area contributed by atoms with Crippen molar-refractivity contribution in [3.05, 3.63) is 60.8 Å². The molecule has 0 unspecified atom stereocenters. The molecule has 5 aromatic rings. The summed E-state index contributed by atoms with van der Waals surface area (Å²) in [5.41, 5.74) is 5.21. The quantitative estimate of drug-likeness (QED) is 0.427. The Labute approximate surface area is 113 Å². The predicted molar refractivity (Wildman–Crippen MR) is 79.0 cm³/mol. The van der Waals surface area contributed by atoms with Gasteiger partial charge in [-0.1, -0.05) is 24.3 Å². The van der Waals surface area contributed by atoms with Gasteiger partial charge in [-0.2, -0.15) is 5.10 Å². The van der Waals surface area contributed by atoms with Gasteiger partial charge in [-0.05, 0) is 24.3 Å². The molecular weight excluding hydrogens is 248 g/mol. The maximum atomic E-state index is 4.79. The first-order chi connectivity index (χ1) is 9.93. The Morgan fingerprint density at radius 2 is 1.60 bits per heavy atom. The number of hydrogen-bond acceptors (Lipinski definition) is 2.